The summed E-state index contributed by atoms with van der Waals surface area (Å²) in [5.41, 5.74) is 0. The van der Waals surface area contributed by atoms with Crippen molar-refractivity contribution in [1.29, 1.82) is 0 Å². The number of cyclic esters (lactones) is 4. The lowest BCUT2D eigenvalue weighted by molar-refractivity contribution is -0.187. The van der Waals surface area contributed by atoms with Crippen molar-refractivity contribution in [2.45, 2.75) is 12.8 Å². The Balaban J connectivity index is 2.26. The van der Waals surface area contributed by atoms with Crippen LogP contribution in [0, 0.1) is 11.8 Å². The first kappa shape index (κ1) is 8.86. The summed E-state index contributed by atoms with van der Waals surface area (Å²) in [6.07, 6.45) is -0.384. The van der Waals surface area contributed by atoms with Crippen LogP contribution in [-0.4, -0.2) is 23.9 Å². The average molecular weight is 198 g/mol. The predicted molar refractivity (Wildman–Crippen MR) is 38.4 cm³/mol. The zero-order valence-electron chi connectivity index (χ0n) is 7.02. The molecule has 0 saturated carbocycles. The lowest BCUT2D eigenvalue weighted by atomic mass is 9.83. The quantitative estimate of drug-likeness (QED) is 0.372. The molecular weight excluding hydrogens is 192 g/mol. The van der Waals surface area contributed by atoms with Crippen LogP contribution in [0.4, 0.5) is 0 Å². The van der Waals surface area contributed by atoms with Gasteiger partial charge in [0.05, 0.1) is 24.7 Å². The van der Waals surface area contributed by atoms with Gasteiger partial charge in [0.2, 0.25) is 0 Å². The van der Waals surface area contributed by atoms with Gasteiger partial charge in [-0.15, -0.1) is 0 Å². The van der Waals surface area contributed by atoms with Crippen LogP contribution < -0.4 is 0 Å². The number of hydrogen-bond donors (Lipinski definition) is 0. The molecular formula is C8H6O6. The van der Waals surface area contributed by atoms with E-state index in [4.69, 9.17) is 0 Å². The van der Waals surface area contributed by atoms with Gasteiger partial charge in [0.1, 0.15) is 0 Å². The lowest BCUT2D eigenvalue weighted by Crippen LogP contribution is -2.45. The molecule has 14 heavy (non-hydrogen) atoms. The SMILES string of the molecule is O=C1CC2C(=O)OC(=O)CC2C(=O)O1. The van der Waals surface area contributed by atoms with Crippen LogP contribution in [0.15, 0.2) is 0 Å². The summed E-state index contributed by atoms with van der Waals surface area (Å²) in [5.74, 6) is -4.81. The topological polar surface area (TPSA) is 86.7 Å². The predicted octanol–water partition coefficient (Wildman–Crippen LogP) is -0.834. The van der Waals surface area contributed by atoms with Crippen molar-refractivity contribution in [1.82, 2.24) is 0 Å². The molecule has 0 amide bonds. The van der Waals surface area contributed by atoms with E-state index >= 15 is 0 Å². The zero-order chi connectivity index (χ0) is 10.3. The zero-order valence-corrected chi connectivity index (χ0v) is 7.02. The Morgan fingerprint density at radius 3 is 1.50 bits per heavy atom. The summed E-state index contributed by atoms with van der Waals surface area (Å²) in [6.45, 7) is 0. The first-order valence-electron chi connectivity index (χ1n) is 4.07. The second-order valence-electron chi connectivity index (χ2n) is 3.21. The van der Waals surface area contributed by atoms with Gasteiger partial charge in [-0.2, -0.15) is 0 Å². The highest BCUT2D eigenvalue weighted by Crippen LogP contribution is 2.31. The third-order valence-corrected chi connectivity index (χ3v) is 2.29. The van der Waals surface area contributed by atoms with Gasteiger partial charge in [-0.3, -0.25) is 19.2 Å². The number of rotatable bonds is 0. The third kappa shape index (κ3) is 1.28. The minimum absolute atomic E-state index is 0.192. The van der Waals surface area contributed by atoms with Crippen molar-refractivity contribution >= 4 is 23.9 Å². The maximum Gasteiger partial charge on any atom is 0.318 e. The van der Waals surface area contributed by atoms with Gasteiger partial charge in [0.25, 0.3) is 0 Å². The van der Waals surface area contributed by atoms with Crippen LogP contribution in [0.2, 0.25) is 0 Å². The minimum atomic E-state index is -0.846. The van der Waals surface area contributed by atoms with Gasteiger partial charge in [-0.05, 0) is 0 Å². The smallest absolute Gasteiger partial charge is 0.318 e. The average Bonchev–Trinajstić information content (AvgIpc) is 2.07. The van der Waals surface area contributed by atoms with E-state index in [-0.39, 0.29) is 12.8 Å². The number of carbonyl (C=O) groups is 4. The monoisotopic (exact) mass is 198 g/mol. The molecule has 2 fully saturated rings. The molecule has 2 aliphatic heterocycles. The van der Waals surface area contributed by atoms with Gasteiger partial charge >= 0.3 is 23.9 Å². The molecule has 6 heteroatoms. The van der Waals surface area contributed by atoms with Gasteiger partial charge in [0.15, 0.2) is 0 Å². The number of hydrogen-bond acceptors (Lipinski definition) is 6. The lowest BCUT2D eigenvalue weighted by Gasteiger charge is -2.29. The van der Waals surface area contributed by atoms with Crippen LogP contribution in [0.5, 0.6) is 0 Å². The minimum Gasteiger partial charge on any atom is -0.393 e. The Bertz CT molecular complexity index is 310. The molecule has 0 N–H and O–H groups in total. The maximum absolute atomic E-state index is 11.1. The molecule has 0 aliphatic carbocycles. The molecule has 0 spiro atoms. The highest BCUT2D eigenvalue weighted by atomic mass is 16.6. The number of ether oxygens (including phenoxy) is 2. The Morgan fingerprint density at radius 1 is 0.786 bits per heavy atom. The summed E-state index contributed by atoms with van der Waals surface area (Å²) in [5, 5.41) is 0. The molecule has 0 radical (unpaired) electrons. The number of esters is 4. The molecule has 6 nitrogen and oxygen atoms in total. The molecule has 2 saturated heterocycles. The van der Waals surface area contributed by atoms with E-state index in [1.54, 1.807) is 0 Å². The standard InChI is InChI=1S/C8H6O6/c9-5-1-3-4(8(12)13-5)2-6(10)14-7(3)11/h3-4H,1-2H2. The Hall–Kier alpha value is -1.72. The second kappa shape index (κ2) is 2.90. The van der Waals surface area contributed by atoms with Crippen LogP contribution in [0.3, 0.4) is 0 Å². The summed E-state index contributed by atoms with van der Waals surface area (Å²) in [7, 11) is 0. The van der Waals surface area contributed by atoms with Gasteiger partial charge < -0.3 is 9.47 Å². The fourth-order valence-electron chi connectivity index (χ4n) is 1.60. The third-order valence-electron chi connectivity index (χ3n) is 2.29. The van der Waals surface area contributed by atoms with Crippen LogP contribution in [0.25, 0.3) is 0 Å². The fourth-order valence-corrected chi connectivity index (χ4v) is 1.60. The van der Waals surface area contributed by atoms with Gasteiger partial charge in [0, 0.05) is 0 Å². The molecule has 0 aromatic heterocycles. The first-order valence-corrected chi connectivity index (χ1v) is 4.07. The molecule has 0 aromatic rings. The number of carbonyl (C=O) groups excluding carboxylic acids is 4. The van der Waals surface area contributed by atoms with E-state index in [1.165, 1.54) is 0 Å². The van der Waals surface area contributed by atoms with E-state index in [0.717, 1.165) is 0 Å². The van der Waals surface area contributed by atoms with Crippen molar-refractivity contribution < 1.29 is 28.7 Å². The maximum atomic E-state index is 11.1. The van der Waals surface area contributed by atoms with Crippen molar-refractivity contribution in [3.8, 4) is 0 Å². The van der Waals surface area contributed by atoms with Crippen LogP contribution in [0.1, 0.15) is 12.8 Å². The number of fused-ring (bicyclic) bond motifs is 1. The largest absolute Gasteiger partial charge is 0.393 e. The van der Waals surface area contributed by atoms with Crippen LogP contribution in [-0.2, 0) is 28.7 Å². The molecule has 2 unspecified atom stereocenters. The van der Waals surface area contributed by atoms with Gasteiger partial charge in [-0.25, -0.2) is 0 Å². The van der Waals surface area contributed by atoms with Crippen LogP contribution >= 0.6 is 0 Å². The van der Waals surface area contributed by atoms with Crippen molar-refractivity contribution in [2.24, 2.45) is 11.8 Å². The second-order valence-corrected chi connectivity index (χ2v) is 3.21. The highest BCUT2D eigenvalue weighted by molar-refractivity contribution is 6.01. The summed E-state index contributed by atoms with van der Waals surface area (Å²) in [6, 6.07) is 0. The summed E-state index contributed by atoms with van der Waals surface area (Å²) >= 11 is 0. The molecule has 0 aromatic carbocycles. The Kier molecular flexibility index (Phi) is 1.83. The Morgan fingerprint density at radius 2 is 1.14 bits per heavy atom. The molecule has 2 rings (SSSR count). The van der Waals surface area contributed by atoms with E-state index in [2.05, 4.69) is 9.47 Å². The fraction of sp³-hybridized carbons (Fsp3) is 0.500. The molecule has 0 bridgehead atoms. The molecule has 2 atom stereocenters. The van der Waals surface area contributed by atoms with E-state index in [9.17, 15) is 19.2 Å². The molecule has 2 heterocycles. The molecule has 2 aliphatic rings. The van der Waals surface area contributed by atoms with Crippen molar-refractivity contribution in [2.75, 3.05) is 0 Å². The van der Waals surface area contributed by atoms with Gasteiger partial charge in [-0.1, -0.05) is 0 Å². The van der Waals surface area contributed by atoms with Crippen molar-refractivity contribution in [3.63, 3.8) is 0 Å². The van der Waals surface area contributed by atoms with E-state index in [1.807, 2.05) is 0 Å². The van der Waals surface area contributed by atoms with E-state index < -0.39 is 35.7 Å². The highest BCUT2D eigenvalue weighted by Gasteiger charge is 2.48. The molecule has 74 valence electrons. The Labute approximate surface area is 78.2 Å². The van der Waals surface area contributed by atoms with Crippen molar-refractivity contribution in [3.05, 3.63) is 0 Å². The first-order chi connectivity index (χ1) is 6.58. The van der Waals surface area contributed by atoms with E-state index in [0.29, 0.717) is 0 Å². The summed E-state index contributed by atoms with van der Waals surface area (Å²) < 4.78 is 8.63. The normalized spacial score (nSPS) is 32.0. The summed E-state index contributed by atoms with van der Waals surface area (Å²) in [4.78, 5) is 43.9.